The number of carbonyl (C=O) groups is 1. The summed E-state index contributed by atoms with van der Waals surface area (Å²) < 4.78 is 31.9. The summed E-state index contributed by atoms with van der Waals surface area (Å²) in [6.45, 7) is 3.34. The van der Waals surface area contributed by atoms with E-state index in [4.69, 9.17) is 4.52 Å². The Balaban J connectivity index is 1.22. The quantitative estimate of drug-likeness (QED) is 0.600. The Morgan fingerprint density at radius 2 is 1.94 bits per heavy atom. The third-order valence-electron chi connectivity index (χ3n) is 5.52. The van der Waals surface area contributed by atoms with Crippen LogP contribution in [-0.4, -0.2) is 47.1 Å². The molecule has 1 aliphatic heterocycles. The molecule has 2 aromatic carbocycles. The molecular formula is C24H24F2N4O2. The van der Waals surface area contributed by atoms with E-state index < -0.39 is 17.5 Å². The lowest BCUT2D eigenvalue weighted by Gasteiger charge is -2.31. The molecule has 0 aliphatic carbocycles. The van der Waals surface area contributed by atoms with Crippen LogP contribution in [0.15, 0.2) is 59.1 Å². The molecule has 166 valence electrons. The molecule has 1 N–H and O–H groups in total. The summed E-state index contributed by atoms with van der Waals surface area (Å²) in [5, 5.41) is 6.45. The molecule has 1 fully saturated rings. The number of hydrogen-bond donors (Lipinski definition) is 1. The van der Waals surface area contributed by atoms with Gasteiger partial charge in [0.1, 0.15) is 11.6 Å². The fourth-order valence-corrected chi connectivity index (χ4v) is 3.68. The van der Waals surface area contributed by atoms with Crippen molar-refractivity contribution in [3.8, 4) is 11.4 Å². The molecule has 2 heterocycles. The normalized spacial score (nSPS) is 15.3. The Morgan fingerprint density at radius 1 is 1.16 bits per heavy atom. The van der Waals surface area contributed by atoms with Crippen LogP contribution in [0.1, 0.15) is 29.1 Å². The molecule has 0 unspecified atom stereocenters. The van der Waals surface area contributed by atoms with E-state index in [1.54, 1.807) is 0 Å². The smallest absolute Gasteiger partial charge is 0.316 e. The summed E-state index contributed by atoms with van der Waals surface area (Å²) in [5.41, 5.74) is 1.17. The summed E-state index contributed by atoms with van der Waals surface area (Å²) in [6, 6.07) is 13.2. The monoisotopic (exact) mass is 438 g/mol. The van der Waals surface area contributed by atoms with Gasteiger partial charge in [-0.1, -0.05) is 47.6 Å². The summed E-state index contributed by atoms with van der Waals surface area (Å²) in [6.07, 6.45) is 6.27. The number of halogens is 2. The van der Waals surface area contributed by atoms with Gasteiger partial charge in [0.2, 0.25) is 5.82 Å². The Labute approximate surface area is 184 Å². The maximum Gasteiger partial charge on any atom is 0.316 e. The maximum absolute atomic E-state index is 13.9. The van der Waals surface area contributed by atoms with E-state index in [2.05, 4.69) is 44.6 Å². The number of amides is 1. The average molecular weight is 438 g/mol. The molecule has 6 nitrogen and oxygen atoms in total. The van der Waals surface area contributed by atoms with Gasteiger partial charge in [-0.3, -0.25) is 9.69 Å². The summed E-state index contributed by atoms with van der Waals surface area (Å²) in [5.74, 6) is -1.99. The Kier molecular flexibility index (Phi) is 7.01. The minimum Gasteiger partial charge on any atom is -0.348 e. The van der Waals surface area contributed by atoms with Crippen molar-refractivity contribution in [2.75, 3.05) is 26.2 Å². The Hall–Kier alpha value is -3.39. The standard InChI is InChI=1S/C24H24F2N4O2/c25-19-8-9-20(21(26)15-19)22-28-24(32-29-22)23(31)27-16-18-10-13-30(14-11-18)12-4-7-17-5-2-1-3-6-17/h1-9,15,18H,10-14,16H2,(H,27,31)/b7-4+. The van der Waals surface area contributed by atoms with Gasteiger partial charge < -0.3 is 9.84 Å². The fraction of sp³-hybridized carbons (Fsp3) is 0.292. The molecule has 1 aliphatic rings. The third-order valence-corrected chi connectivity index (χ3v) is 5.52. The summed E-state index contributed by atoms with van der Waals surface area (Å²) in [7, 11) is 0. The number of carbonyl (C=O) groups excluding carboxylic acids is 1. The highest BCUT2D eigenvalue weighted by Gasteiger charge is 2.22. The highest BCUT2D eigenvalue weighted by Crippen LogP contribution is 2.21. The van der Waals surface area contributed by atoms with Gasteiger partial charge in [0, 0.05) is 19.2 Å². The highest BCUT2D eigenvalue weighted by atomic mass is 19.1. The second kappa shape index (κ2) is 10.3. The molecule has 0 atom stereocenters. The van der Waals surface area contributed by atoms with Crippen molar-refractivity contribution in [2.45, 2.75) is 12.8 Å². The number of piperidine rings is 1. The zero-order valence-electron chi connectivity index (χ0n) is 17.5. The maximum atomic E-state index is 13.9. The van der Waals surface area contributed by atoms with Crippen molar-refractivity contribution in [1.29, 1.82) is 0 Å². The van der Waals surface area contributed by atoms with Gasteiger partial charge in [0.25, 0.3) is 0 Å². The number of rotatable bonds is 7. The Bertz CT molecular complexity index is 1080. The van der Waals surface area contributed by atoms with Crippen LogP contribution in [-0.2, 0) is 0 Å². The lowest BCUT2D eigenvalue weighted by atomic mass is 9.97. The van der Waals surface area contributed by atoms with Crippen LogP contribution in [0, 0.1) is 17.6 Å². The van der Waals surface area contributed by atoms with E-state index in [1.165, 1.54) is 11.6 Å². The van der Waals surface area contributed by atoms with Crippen molar-refractivity contribution >= 4 is 12.0 Å². The first-order valence-corrected chi connectivity index (χ1v) is 10.6. The first-order valence-electron chi connectivity index (χ1n) is 10.6. The number of hydrogen-bond acceptors (Lipinski definition) is 5. The van der Waals surface area contributed by atoms with Gasteiger partial charge in [-0.15, -0.1) is 0 Å². The third kappa shape index (κ3) is 5.64. The molecule has 32 heavy (non-hydrogen) atoms. The molecular weight excluding hydrogens is 414 g/mol. The van der Waals surface area contributed by atoms with Crippen LogP contribution >= 0.6 is 0 Å². The van der Waals surface area contributed by atoms with Crippen LogP contribution in [0.5, 0.6) is 0 Å². The number of nitrogens with zero attached hydrogens (tertiary/aromatic N) is 3. The van der Waals surface area contributed by atoms with Crippen LogP contribution in [0.4, 0.5) is 8.78 Å². The van der Waals surface area contributed by atoms with Crippen molar-refractivity contribution in [1.82, 2.24) is 20.4 Å². The Morgan fingerprint density at radius 3 is 2.69 bits per heavy atom. The SMILES string of the molecule is O=C(NCC1CCN(C/C=C/c2ccccc2)CC1)c1nc(-c2ccc(F)cc2F)no1. The number of nitrogens with one attached hydrogen (secondary N) is 1. The predicted molar refractivity (Wildman–Crippen MR) is 117 cm³/mol. The van der Waals surface area contributed by atoms with E-state index in [9.17, 15) is 13.6 Å². The van der Waals surface area contributed by atoms with Gasteiger partial charge in [-0.2, -0.15) is 4.98 Å². The minimum atomic E-state index is -0.817. The van der Waals surface area contributed by atoms with E-state index in [1.807, 2.05) is 18.2 Å². The second-order valence-corrected chi connectivity index (χ2v) is 7.81. The van der Waals surface area contributed by atoms with E-state index in [-0.39, 0.29) is 17.3 Å². The second-order valence-electron chi connectivity index (χ2n) is 7.81. The molecule has 1 aromatic heterocycles. The number of benzene rings is 2. The van der Waals surface area contributed by atoms with E-state index >= 15 is 0 Å². The highest BCUT2D eigenvalue weighted by molar-refractivity contribution is 5.89. The van der Waals surface area contributed by atoms with E-state index in [0.29, 0.717) is 12.5 Å². The zero-order valence-corrected chi connectivity index (χ0v) is 17.5. The van der Waals surface area contributed by atoms with Crippen LogP contribution < -0.4 is 5.32 Å². The lowest BCUT2D eigenvalue weighted by Crippen LogP contribution is -2.38. The summed E-state index contributed by atoms with van der Waals surface area (Å²) >= 11 is 0. The molecule has 1 saturated heterocycles. The first kappa shape index (κ1) is 21.8. The molecule has 0 spiro atoms. The molecule has 0 radical (unpaired) electrons. The number of likely N-dealkylation sites (tertiary alicyclic amines) is 1. The van der Waals surface area contributed by atoms with Gasteiger partial charge in [-0.05, 0) is 49.5 Å². The molecule has 3 aromatic rings. The topological polar surface area (TPSA) is 71.3 Å². The summed E-state index contributed by atoms with van der Waals surface area (Å²) in [4.78, 5) is 18.7. The molecule has 0 bridgehead atoms. The number of aromatic nitrogens is 2. The van der Waals surface area contributed by atoms with Crippen molar-refractivity contribution in [3.05, 3.63) is 77.7 Å². The van der Waals surface area contributed by atoms with Gasteiger partial charge >= 0.3 is 11.8 Å². The van der Waals surface area contributed by atoms with Crippen LogP contribution in [0.2, 0.25) is 0 Å². The van der Waals surface area contributed by atoms with Crippen molar-refractivity contribution in [2.24, 2.45) is 5.92 Å². The van der Waals surface area contributed by atoms with Crippen molar-refractivity contribution in [3.63, 3.8) is 0 Å². The fourth-order valence-electron chi connectivity index (χ4n) is 3.68. The van der Waals surface area contributed by atoms with Crippen LogP contribution in [0.25, 0.3) is 17.5 Å². The lowest BCUT2D eigenvalue weighted by molar-refractivity contribution is 0.0894. The first-order chi connectivity index (χ1) is 15.6. The largest absolute Gasteiger partial charge is 0.348 e. The minimum absolute atomic E-state index is 0.0251. The van der Waals surface area contributed by atoms with Gasteiger partial charge in [-0.25, -0.2) is 8.78 Å². The molecule has 1 amide bonds. The van der Waals surface area contributed by atoms with E-state index in [0.717, 1.165) is 44.6 Å². The average Bonchev–Trinajstić information content (AvgIpc) is 3.29. The predicted octanol–water partition coefficient (Wildman–Crippen LogP) is 4.17. The van der Waals surface area contributed by atoms with Gasteiger partial charge in [0.05, 0.1) is 5.56 Å². The zero-order chi connectivity index (χ0) is 22.3. The molecule has 8 heteroatoms. The molecule has 0 saturated carbocycles. The van der Waals surface area contributed by atoms with Crippen LogP contribution in [0.3, 0.4) is 0 Å². The van der Waals surface area contributed by atoms with Gasteiger partial charge in [0.15, 0.2) is 0 Å². The molecule has 4 rings (SSSR count). The van der Waals surface area contributed by atoms with Crippen molar-refractivity contribution < 1.29 is 18.1 Å².